The van der Waals surface area contributed by atoms with Crippen molar-refractivity contribution in [3.05, 3.63) is 46.6 Å². The minimum Gasteiger partial charge on any atom is -0.497 e. The van der Waals surface area contributed by atoms with Crippen molar-refractivity contribution in [1.82, 2.24) is 4.98 Å². The van der Waals surface area contributed by atoms with Gasteiger partial charge in [-0.15, -0.1) is 0 Å². The third-order valence-corrected chi connectivity index (χ3v) is 3.21. The summed E-state index contributed by atoms with van der Waals surface area (Å²) in [7, 11) is 1.59. The number of hydrogen-bond donors (Lipinski definition) is 3. The number of hydrogen-bond acceptors (Lipinski definition) is 5. The van der Waals surface area contributed by atoms with Crippen molar-refractivity contribution in [2.75, 3.05) is 17.9 Å². The van der Waals surface area contributed by atoms with Gasteiger partial charge in [0.2, 0.25) is 0 Å². The second-order valence-corrected chi connectivity index (χ2v) is 4.74. The maximum Gasteiger partial charge on any atom is 0.257 e. The molecule has 0 unspecified atom stereocenters. The van der Waals surface area contributed by atoms with Crippen LogP contribution in [0.25, 0.3) is 0 Å². The van der Waals surface area contributed by atoms with Crippen molar-refractivity contribution in [3.8, 4) is 5.75 Å². The third-order valence-electron chi connectivity index (χ3n) is 2.92. The maximum absolute atomic E-state index is 12.2. The Labute approximate surface area is 127 Å². The van der Waals surface area contributed by atoms with Gasteiger partial charge in [-0.25, -0.2) is 10.8 Å². The van der Waals surface area contributed by atoms with Gasteiger partial charge >= 0.3 is 0 Å². The molecule has 0 bridgehead atoms. The number of ether oxygens (including phenoxy) is 1. The highest BCUT2D eigenvalue weighted by atomic mass is 35.5. The SMILES string of the molecule is COc1ccc(NC(=O)c2cnc(NN)c(Cl)c2)c(C)c1. The van der Waals surface area contributed by atoms with Gasteiger partial charge < -0.3 is 15.5 Å². The molecule has 21 heavy (non-hydrogen) atoms. The predicted molar refractivity (Wildman–Crippen MR) is 82.7 cm³/mol. The first-order valence-electron chi connectivity index (χ1n) is 6.13. The quantitative estimate of drug-likeness (QED) is 0.597. The standard InChI is InChI=1S/C14H15ClN4O2/c1-8-5-10(21-2)3-4-12(8)18-14(20)9-6-11(15)13(19-16)17-7-9/h3-7H,16H2,1-2H3,(H,17,19)(H,18,20). The van der Waals surface area contributed by atoms with E-state index < -0.39 is 0 Å². The number of anilines is 2. The van der Waals surface area contributed by atoms with Crippen molar-refractivity contribution in [1.29, 1.82) is 0 Å². The Hall–Kier alpha value is -2.31. The number of rotatable bonds is 4. The van der Waals surface area contributed by atoms with Crippen LogP contribution >= 0.6 is 11.6 Å². The molecule has 0 aliphatic rings. The van der Waals surface area contributed by atoms with E-state index >= 15 is 0 Å². The Kier molecular flexibility index (Phi) is 4.62. The summed E-state index contributed by atoms with van der Waals surface area (Å²) >= 11 is 5.95. The number of methoxy groups -OCH3 is 1. The Bertz CT molecular complexity index is 676. The summed E-state index contributed by atoms with van der Waals surface area (Å²) in [6, 6.07) is 6.88. The molecule has 0 spiro atoms. The average molecular weight is 307 g/mol. The van der Waals surface area contributed by atoms with Gasteiger partial charge in [-0.2, -0.15) is 0 Å². The van der Waals surface area contributed by atoms with E-state index in [0.717, 1.165) is 11.3 Å². The summed E-state index contributed by atoms with van der Waals surface area (Å²) in [5.41, 5.74) is 4.27. The van der Waals surface area contributed by atoms with E-state index in [0.29, 0.717) is 17.1 Å². The van der Waals surface area contributed by atoms with Crippen LogP contribution in [0.2, 0.25) is 5.02 Å². The van der Waals surface area contributed by atoms with Gasteiger partial charge in [0.15, 0.2) is 5.82 Å². The zero-order chi connectivity index (χ0) is 15.4. The number of aryl methyl sites for hydroxylation is 1. The van der Waals surface area contributed by atoms with E-state index in [4.69, 9.17) is 22.2 Å². The molecule has 4 N–H and O–H groups in total. The highest BCUT2D eigenvalue weighted by Gasteiger charge is 2.11. The third kappa shape index (κ3) is 3.42. The number of nitrogen functional groups attached to an aromatic ring is 1. The van der Waals surface area contributed by atoms with Crippen LogP contribution in [0.1, 0.15) is 15.9 Å². The number of aromatic nitrogens is 1. The molecule has 0 fully saturated rings. The number of amides is 1. The van der Waals surface area contributed by atoms with Gasteiger partial charge in [-0.3, -0.25) is 4.79 Å². The molecule has 1 aromatic heterocycles. The Morgan fingerprint density at radius 1 is 1.38 bits per heavy atom. The molecule has 0 saturated carbocycles. The molecular weight excluding hydrogens is 292 g/mol. The van der Waals surface area contributed by atoms with Gasteiger partial charge in [-0.05, 0) is 36.8 Å². The number of benzene rings is 1. The predicted octanol–water partition coefficient (Wildman–Crippen LogP) is 2.59. The van der Waals surface area contributed by atoms with Crippen LogP contribution in [0.15, 0.2) is 30.5 Å². The molecule has 0 atom stereocenters. The minimum atomic E-state index is -0.304. The van der Waals surface area contributed by atoms with Gasteiger partial charge in [0.1, 0.15) is 5.75 Å². The highest BCUT2D eigenvalue weighted by Crippen LogP contribution is 2.23. The molecule has 7 heteroatoms. The molecule has 0 saturated heterocycles. The van der Waals surface area contributed by atoms with Crippen molar-refractivity contribution >= 4 is 29.0 Å². The fourth-order valence-corrected chi connectivity index (χ4v) is 1.99. The molecular formula is C14H15ClN4O2. The van der Waals surface area contributed by atoms with Crippen molar-refractivity contribution in [2.45, 2.75) is 6.92 Å². The number of carbonyl (C=O) groups is 1. The van der Waals surface area contributed by atoms with Crippen molar-refractivity contribution in [2.24, 2.45) is 5.84 Å². The number of pyridine rings is 1. The molecule has 0 aliphatic heterocycles. The monoisotopic (exact) mass is 306 g/mol. The van der Waals surface area contributed by atoms with E-state index in [1.165, 1.54) is 12.3 Å². The number of carbonyl (C=O) groups excluding carboxylic acids is 1. The molecule has 1 amide bonds. The molecule has 1 heterocycles. The number of nitrogens with one attached hydrogen (secondary N) is 2. The second kappa shape index (κ2) is 6.43. The summed E-state index contributed by atoms with van der Waals surface area (Å²) in [4.78, 5) is 16.1. The summed E-state index contributed by atoms with van der Waals surface area (Å²) in [6.45, 7) is 1.88. The van der Waals surface area contributed by atoms with Crippen LogP contribution in [0.4, 0.5) is 11.5 Å². The van der Waals surface area contributed by atoms with E-state index in [1.807, 2.05) is 13.0 Å². The Morgan fingerprint density at radius 2 is 2.14 bits per heavy atom. The molecule has 1 aromatic carbocycles. The first kappa shape index (κ1) is 15.1. The van der Waals surface area contributed by atoms with Crippen LogP contribution in [0.5, 0.6) is 5.75 Å². The fourth-order valence-electron chi connectivity index (χ4n) is 1.77. The van der Waals surface area contributed by atoms with E-state index in [-0.39, 0.29) is 10.9 Å². The Balaban J connectivity index is 2.20. The lowest BCUT2D eigenvalue weighted by atomic mass is 10.1. The fraction of sp³-hybridized carbons (Fsp3) is 0.143. The van der Waals surface area contributed by atoms with Crippen LogP contribution in [0.3, 0.4) is 0 Å². The second-order valence-electron chi connectivity index (χ2n) is 4.33. The van der Waals surface area contributed by atoms with Crippen LogP contribution in [-0.2, 0) is 0 Å². The lowest BCUT2D eigenvalue weighted by Gasteiger charge is -2.10. The minimum absolute atomic E-state index is 0.275. The number of nitrogens with two attached hydrogens (primary N) is 1. The van der Waals surface area contributed by atoms with E-state index in [9.17, 15) is 4.79 Å². The zero-order valence-electron chi connectivity index (χ0n) is 11.6. The Morgan fingerprint density at radius 3 is 2.71 bits per heavy atom. The highest BCUT2D eigenvalue weighted by molar-refractivity contribution is 6.33. The van der Waals surface area contributed by atoms with Crippen molar-refractivity contribution < 1.29 is 9.53 Å². The average Bonchev–Trinajstić information content (AvgIpc) is 2.49. The van der Waals surface area contributed by atoms with Gasteiger partial charge in [0, 0.05) is 11.9 Å². The summed E-state index contributed by atoms with van der Waals surface area (Å²) in [5.74, 6) is 5.98. The van der Waals surface area contributed by atoms with Crippen LogP contribution in [0, 0.1) is 6.92 Å². The first-order valence-corrected chi connectivity index (χ1v) is 6.51. The van der Waals surface area contributed by atoms with E-state index in [1.54, 1.807) is 19.2 Å². The molecule has 2 aromatic rings. The van der Waals surface area contributed by atoms with Gasteiger partial charge in [0.05, 0.1) is 17.7 Å². The number of nitrogens with zero attached hydrogens (tertiary/aromatic N) is 1. The molecule has 2 rings (SSSR count). The van der Waals surface area contributed by atoms with Crippen LogP contribution < -0.4 is 21.3 Å². The topological polar surface area (TPSA) is 89.3 Å². The smallest absolute Gasteiger partial charge is 0.257 e. The summed E-state index contributed by atoms with van der Waals surface area (Å²) < 4.78 is 5.12. The largest absolute Gasteiger partial charge is 0.497 e. The lowest BCUT2D eigenvalue weighted by molar-refractivity contribution is 0.102. The molecule has 6 nitrogen and oxygen atoms in total. The van der Waals surface area contributed by atoms with Crippen molar-refractivity contribution in [3.63, 3.8) is 0 Å². The molecule has 0 radical (unpaired) electrons. The summed E-state index contributed by atoms with van der Waals surface area (Å²) in [6.07, 6.45) is 1.40. The van der Waals surface area contributed by atoms with Gasteiger partial charge in [-0.1, -0.05) is 11.6 Å². The van der Waals surface area contributed by atoms with Gasteiger partial charge in [0.25, 0.3) is 5.91 Å². The molecule has 110 valence electrons. The maximum atomic E-state index is 12.2. The summed E-state index contributed by atoms with van der Waals surface area (Å²) in [5, 5.41) is 3.07. The zero-order valence-corrected chi connectivity index (χ0v) is 12.4. The van der Waals surface area contributed by atoms with Crippen LogP contribution in [-0.4, -0.2) is 18.0 Å². The first-order chi connectivity index (χ1) is 10.0. The lowest BCUT2D eigenvalue weighted by Crippen LogP contribution is -2.14. The number of halogens is 1. The number of hydrazine groups is 1. The normalized spacial score (nSPS) is 10.1. The molecule has 0 aliphatic carbocycles. The van der Waals surface area contributed by atoms with E-state index in [2.05, 4.69) is 15.7 Å².